The van der Waals surface area contributed by atoms with Crippen LogP contribution in [-0.4, -0.2) is 41.7 Å². The first-order valence-corrected chi connectivity index (χ1v) is 7.65. The average Bonchev–Trinajstić information content (AvgIpc) is 2.91. The van der Waals surface area contributed by atoms with Crippen LogP contribution >= 0.6 is 0 Å². The fraction of sp³-hybridized carbons (Fsp3) is 0.733. The van der Waals surface area contributed by atoms with E-state index in [1.54, 1.807) is 6.20 Å². The van der Waals surface area contributed by atoms with Crippen LogP contribution in [0.3, 0.4) is 0 Å². The maximum atomic E-state index is 5.57. The Morgan fingerprint density at radius 2 is 2.30 bits per heavy atom. The van der Waals surface area contributed by atoms with Crippen LogP contribution in [-0.2, 0) is 0 Å². The van der Waals surface area contributed by atoms with Crippen LogP contribution in [0.4, 0.5) is 5.82 Å². The second-order valence-electron chi connectivity index (χ2n) is 5.62. The van der Waals surface area contributed by atoms with Crippen molar-refractivity contribution < 1.29 is 4.74 Å². The monoisotopic (exact) mass is 278 g/mol. The number of nitrogens with zero attached hydrogens (tertiary/aromatic N) is 3. The minimum Gasteiger partial charge on any atom is -0.477 e. The molecule has 1 saturated heterocycles. The van der Waals surface area contributed by atoms with Crippen molar-refractivity contribution >= 4 is 5.82 Å². The number of hydrogen-bond donors (Lipinski definition) is 1. The minimum absolute atomic E-state index is 0.508. The highest BCUT2D eigenvalue weighted by molar-refractivity contribution is 5.40. The standard InChI is InChI=1S/C15H26N4O/c1-4-8-20-15-11-16-10-14(18-15)19-7-5-6-13(19)9-17-12(2)3/h10-13,17H,4-9H2,1-3H3. The van der Waals surface area contributed by atoms with Crippen LogP contribution < -0.4 is 15.0 Å². The predicted molar refractivity (Wildman–Crippen MR) is 81.3 cm³/mol. The first-order valence-electron chi connectivity index (χ1n) is 7.65. The molecule has 1 atom stereocenters. The fourth-order valence-corrected chi connectivity index (χ4v) is 2.47. The Balaban J connectivity index is 2.01. The summed E-state index contributed by atoms with van der Waals surface area (Å²) >= 11 is 0. The van der Waals surface area contributed by atoms with Crippen LogP contribution in [0.5, 0.6) is 5.88 Å². The molecule has 20 heavy (non-hydrogen) atoms. The van der Waals surface area contributed by atoms with E-state index in [-0.39, 0.29) is 0 Å². The molecule has 112 valence electrons. The summed E-state index contributed by atoms with van der Waals surface area (Å²) < 4.78 is 5.57. The average molecular weight is 278 g/mol. The molecule has 0 radical (unpaired) electrons. The van der Waals surface area contributed by atoms with Gasteiger partial charge in [-0.25, -0.2) is 0 Å². The van der Waals surface area contributed by atoms with Crippen molar-refractivity contribution in [3.05, 3.63) is 12.4 Å². The second-order valence-corrected chi connectivity index (χ2v) is 5.62. The van der Waals surface area contributed by atoms with Crippen LogP contribution in [0.15, 0.2) is 12.4 Å². The minimum atomic E-state index is 0.508. The first-order chi connectivity index (χ1) is 9.70. The van der Waals surface area contributed by atoms with E-state index >= 15 is 0 Å². The van der Waals surface area contributed by atoms with Gasteiger partial charge in [-0.1, -0.05) is 20.8 Å². The van der Waals surface area contributed by atoms with E-state index in [2.05, 4.69) is 41.0 Å². The Hall–Kier alpha value is -1.36. The molecular weight excluding hydrogens is 252 g/mol. The van der Waals surface area contributed by atoms with Gasteiger partial charge in [-0.2, -0.15) is 4.98 Å². The van der Waals surface area contributed by atoms with E-state index in [4.69, 9.17) is 4.74 Å². The van der Waals surface area contributed by atoms with Crippen LogP contribution in [0.1, 0.15) is 40.0 Å². The van der Waals surface area contributed by atoms with Gasteiger partial charge in [0.25, 0.3) is 0 Å². The molecule has 0 spiro atoms. The third kappa shape index (κ3) is 4.07. The van der Waals surface area contributed by atoms with Crippen molar-refractivity contribution in [2.45, 2.75) is 52.1 Å². The number of ether oxygens (including phenoxy) is 1. The van der Waals surface area contributed by atoms with Crippen LogP contribution in [0, 0.1) is 0 Å². The number of aromatic nitrogens is 2. The van der Waals surface area contributed by atoms with Gasteiger partial charge < -0.3 is 15.0 Å². The molecule has 5 nitrogen and oxygen atoms in total. The topological polar surface area (TPSA) is 50.3 Å². The zero-order chi connectivity index (χ0) is 14.4. The Bertz CT molecular complexity index is 411. The maximum absolute atomic E-state index is 5.57. The molecule has 1 aromatic heterocycles. The molecule has 0 aliphatic carbocycles. The summed E-state index contributed by atoms with van der Waals surface area (Å²) in [5.74, 6) is 1.57. The highest BCUT2D eigenvalue weighted by Crippen LogP contribution is 2.24. The van der Waals surface area contributed by atoms with Crippen molar-refractivity contribution in [3.8, 4) is 5.88 Å². The summed E-state index contributed by atoms with van der Waals surface area (Å²) in [6, 6.07) is 1.02. The van der Waals surface area contributed by atoms with E-state index in [1.165, 1.54) is 12.8 Å². The molecule has 2 rings (SSSR count). The fourth-order valence-electron chi connectivity index (χ4n) is 2.47. The van der Waals surface area contributed by atoms with Gasteiger partial charge in [0, 0.05) is 25.2 Å². The smallest absolute Gasteiger partial charge is 0.234 e. The van der Waals surface area contributed by atoms with Gasteiger partial charge in [-0.15, -0.1) is 0 Å². The van der Waals surface area contributed by atoms with E-state index in [9.17, 15) is 0 Å². The highest BCUT2D eigenvalue weighted by atomic mass is 16.5. The molecule has 1 fully saturated rings. The molecule has 1 aliphatic heterocycles. The Morgan fingerprint density at radius 1 is 1.45 bits per heavy atom. The van der Waals surface area contributed by atoms with Gasteiger partial charge >= 0.3 is 0 Å². The molecule has 5 heteroatoms. The van der Waals surface area contributed by atoms with Crippen molar-refractivity contribution in [2.75, 3.05) is 24.6 Å². The van der Waals surface area contributed by atoms with E-state index in [1.807, 2.05) is 6.20 Å². The number of rotatable bonds is 7. The highest BCUT2D eigenvalue weighted by Gasteiger charge is 2.26. The number of nitrogens with one attached hydrogen (secondary N) is 1. The Labute approximate surface area is 121 Å². The summed E-state index contributed by atoms with van der Waals surface area (Å²) in [5.41, 5.74) is 0. The molecule has 0 saturated carbocycles. The lowest BCUT2D eigenvalue weighted by atomic mass is 10.2. The summed E-state index contributed by atoms with van der Waals surface area (Å²) in [4.78, 5) is 11.2. The van der Waals surface area contributed by atoms with Crippen molar-refractivity contribution in [2.24, 2.45) is 0 Å². The zero-order valence-corrected chi connectivity index (χ0v) is 12.8. The molecule has 0 amide bonds. The lowest BCUT2D eigenvalue weighted by Crippen LogP contribution is -2.40. The van der Waals surface area contributed by atoms with E-state index < -0.39 is 0 Å². The van der Waals surface area contributed by atoms with E-state index in [0.717, 1.165) is 25.3 Å². The zero-order valence-electron chi connectivity index (χ0n) is 12.8. The molecule has 2 heterocycles. The molecule has 1 aliphatic rings. The molecule has 1 N–H and O–H groups in total. The molecule has 1 aromatic rings. The third-order valence-electron chi connectivity index (χ3n) is 3.49. The maximum Gasteiger partial charge on any atom is 0.234 e. The largest absolute Gasteiger partial charge is 0.477 e. The van der Waals surface area contributed by atoms with Gasteiger partial charge in [-0.3, -0.25) is 4.98 Å². The summed E-state index contributed by atoms with van der Waals surface area (Å²) in [7, 11) is 0. The van der Waals surface area contributed by atoms with Gasteiger partial charge in [0.2, 0.25) is 5.88 Å². The summed E-state index contributed by atoms with van der Waals surface area (Å²) in [5, 5.41) is 3.51. The quantitative estimate of drug-likeness (QED) is 0.829. The Kier molecular flexibility index (Phi) is 5.59. The number of hydrogen-bond acceptors (Lipinski definition) is 5. The van der Waals surface area contributed by atoms with Gasteiger partial charge in [-0.05, 0) is 19.3 Å². The second kappa shape index (κ2) is 7.43. The lowest BCUT2D eigenvalue weighted by molar-refractivity contribution is 0.304. The molecular formula is C15H26N4O. The van der Waals surface area contributed by atoms with Crippen LogP contribution in [0.25, 0.3) is 0 Å². The molecule has 0 aromatic carbocycles. The third-order valence-corrected chi connectivity index (χ3v) is 3.49. The van der Waals surface area contributed by atoms with Crippen molar-refractivity contribution in [1.82, 2.24) is 15.3 Å². The normalized spacial score (nSPS) is 18.8. The van der Waals surface area contributed by atoms with Crippen LogP contribution in [0.2, 0.25) is 0 Å². The van der Waals surface area contributed by atoms with Gasteiger partial charge in [0.15, 0.2) is 5.82 Å². The number of anilines is 1. The summed E-state index contributed by atoms with van der Waals surface area (Å²) in [6.07, 6.45) is 6.94. The first kappa shape index (κ1) is 15.0. The predicted octanol–water partition coefficient (Wildman–Crippen LogP) is 2.23. The summed E-state index contributed by atoms with van der Waals surface area (Å²) in [6.45, 7) is 9.19. The Morgan fingerprint density at radius 3 is 3.05 bits per heavy atom. The van der Waals surface area contributed by atoms with Crippen molar-refractivity contribution in [3.63, 3.8) is 0 Å². The van der Waals surface area contributed by atoms with E-state index in [0.29, 0.717) is 24.6 Å². The van der Waals surface area contributed by atoms with Gasteiger partial charge in [0.1, 0.15) is 0 Å². The lowest BCUT2D eigenvalue weighted by Gasteiger charge is -2.26. The van der Waals surface area contributed by atoms with Crippen molar-refractivity contribution in [1.29, 1.82) is 0 Å². The molecule has 0 bridgehead atoms. The van der Waals surface area contributed by atoms with Gasteiger partial charge in [0.05, 0.1) is 19.0 Å². The molecule has 1 unspecified atom stereocenters. The SMILES string of the molecule is CCCOc1cncc(N2CCCC2CNC(C)C)n1.